The zero-order chi connectivity index (χ0) is 18.4. The molecule has 1 fully saturated rings. The molecule has 3 rings (SSSR count). The molecule has 2 N–H and O–H groups in total. The van der Waals surface area contributed by atoms with E-state index in [2.05, 4.69) is 15.5 Å². The van der Waals surface area contributed by atoms with Crippen LogP contribution >= 0.6 is 22.9 Å². The van der Waals surface area contributed by atoms with Gasteiger partial charge in [0.2, 0.25) is 5.91 Å². The van der Waals surface area contributed by atoms with Gasteiger partial charge in [0.1, 0.15) is 0 Å². The highest BCUT2D eigenvalue weighted by Crippen LogP contribution is 2.35. The van der Waals surface area contributed by atoms with Crippen molar-refractivity contribution in [2.75, 3.05) is 19.6 Å². The zero-order valence-electron chi connectivity index (χ0n) is 14.4. The maximum Gasteiger partial charge on any atom is 0.321 e. The fourth-order valence-corrected chi connectivity index (χ4v) is 4.23. The molecular weight excluding hydrogens is 370 g/mol. The molecule has 1 atom stereocenters. The first-order chi connectivity index (χ1) is 12.6. The number of carbonyl (C=O) groups is 2. The normalized spacial score (nSPS) is 17.2. The van der Waals surface area contributed by atoms with Crippen LogP contribution in [-0.4, -0.2) is 36.5 Å². The van der Waals surface area contributed by atoms with Gasteiger partial charge in [0, 0.05) is 22.5 Å². The summed E-state index contributed by atoms with van der Waals surface area (Å²) in [5, 5.41) is 7.86. The summed E-state index contributed by atoms with van der Waals surface area (Å²) >= 11 is 7.95. The number of carbonyl (C=O) groups excluding carboxylic acids is 2. The number of imide groups is 1. The standard InChI is InChI=1S/C19H22ClN3O2S/c20-16-7-2-1-6-15(16)17-8-3-11-23(17)13-18(24)22-19(25)21-10-9-14-5-4-12-26-14/h1-2,4-7,12,17H,3,8-11,13H2,(H2,21,22,24,25). The smallest absolute Gasteiger partial charge is 0.321 e. The van der Waals surface area contributed by atoms with E-state index < -0.39 is 6.03 Å². The van der Waals surface area contributed by atoms with E-state index in [0.29, 0.717) is 6.54 Å². The molecule has 0 saturated carbocycles. The lowest BCUT2D eigenvalue weighted by molar-refractivity contribution is -0.121. The van der Waals surface area contributed by atoms with Crippen LogP contribution < -0.4 is 10.6 Å². The first kappa shape index (κ1) is 18.9. The predicted octanol–water partition coefficient (Wildman–Crippen LogP) is 3.61. The van der Waals surface area contributed by atoms with Gasteiger partial charge in [-0.2, -0.15) is 0 Å². The minimum atomic E-state index is -0.444. The summed E-state index contributed by atoms with van der Waals surface area (Å²) in [5.74, 6) is -0.294. The van der Waals surface area contributed by atoms with Crippen LogP contribution in [0.1, 0.15) is 29.3 Å². The Morgan fingerprint density at radius 1 is 1.23 bits per heavy atom. The molecule has 3 amide bonds. The van der Waals surface area contributed by atoms with Crippen molar-refractivity contribution in [3.05, 3.63) is 57.2 Å². The summed E-state index contributed by atoms with van der Waals surface area (Å²) < 4.78 is 0. The molecule has 0 radical (unpaired) electrons. The van der Waals surface area contributed by atoms with E-state index >= 15 is 0 Å². The van der Waals surface area contributed by atoms with Crippen LogP contribution in [0.25, 0.3) is 0 Å². The zero-order valence-corrected chi connectivity index (χ0v) is 16.0. The molecule has 138 valence electrons. The Morgan fingerprint density at radius 2 is 2.08 bits per heavy atom. The number of hydrogen-bond donors (Lipinski definition) is 2. The Hall–Kier alpha value is -1.89. The van der Waals surface area contributed by atoms with E-state index in [1.807, 2.05) is 41.8 Å². The highest BCUT2D eigenvalue weighted by atomic mass is 35.5. The van der Waals surface area contributed by atoms with E-state index in [1.165, 1.54) is 4.88 Å². The lowest BCUT2D eigenvalue weighted by Gasteiger charge is -2.24. The van der Waals surface area contributed by atoms with Crippen molar-refractivity contribution < 1.29 is 9.59 Å². The highest BCUT2D eigenvalue weighted by Gasteiger charge is 2.29. The first-order valence-corrected chi connectivity index (χ1v) is 9.98. The lowest BCUT2D eigenvalue weighted by atomic mass is 10.0. The number of urea groups is 1. The summed E-state index contributed by atoms with van der Waals surface area (Å²) in [4.78, 5) is 27.4. The van der Waals surface area contributed by atoms with Gasteiger partial charge in [-0.1, -0.05) is 35.9 Å². The topological polar surface area (TPSA) is 61.4 Å². The van der Waals surface area contributed by atoms with Gasteiger partial charge in [-0.3, -0.25) is 15.0 Å². The molecule has 0 bridgehead atoms. The van der Waals surface area contributed by atoms with Gasteiger partial charge in [0.25, 0.3) is 0 Å². The molecule has 7 heteroatoms. The van der Waals surface area contributed by atoms with Crippen molar-refractivity contribution in [1.82, 2.24) is 15.5 Å². The van der Waals surface area contributed by atoms with Crippen LogP contribution in [0.4, 0.5) is 4.79 Å². The van der Waals surface area contributed by atoms with Crippen LogP contribution in [0.2, 0.25) is 5.02 Å². The fourth-order valence-electron chi connectivity index (χ4n) is 3.26. The molecule has 0 spiro atoms. The summed E-state index contributed by atoms with van der Waals surface area (Å²) in [6.45, 7) is 1.52. The lowest BCUT2D eigenvalue weighted by Crippen LogP contribution is -2.44. The third-order valence-electron chi connectivity index (χ3n) is 4.46. The monoisotopic (exact) mass is 391 g/mol. The van der Waals surface area contributed by atoms with Gasteiger partial charge >= 0.3 is 6.03 Å². The number of nitrogens with zero attached hydrogens (tertiary/aromatic N) is 1. The van der Waals surface area contributed by atoms with Gasteiger partial charge in [-0.15, -0.1) is 11.3 Å². The average molecular weight is 392 g/mol. The first-order valence-electron chi connectivity index (χ1n) is 8.72. The third kappa shape index (κ3) is 5.06. The predicted molar refractivity (Wildman–Crippen MR) is 105 cm³/mol. The molecule has 1 aromatic heterocycles. The summed E-state index contributed by atoms with van der Waals surface area (Å²) in [6, 6.07) is 11.4. The molecule has 1 unspecified atom stereocenters. The van der Waals surface area contributed by atoms with E-state index in [-0.39, 0.29) is 18.5 Å². The van der Waals surface area contributed by atoms with E-state index in [1.54, 1.807) is 11.3 Å². The molecule has 1 aliphatic rings. The highest BCUT2D eigenvalue weighted by molar-refractivity contribution is 7.09. The number of rotatable bonds is 6. The van der Waals surface area contributed by atoms with Gasteiger partial charge in [-0.25, -0.2) is 4.79 Å². The largest absolute Gasteiger partial charge is 0.337 e. The SMILES string of the molecule is O=C(CN1CCCC1c1ccccc1Cl)NC(=O)NCCc1cccs1. The number of amides is 3. The number of thiophene rings is 1. The number of benzene rings is 1. The number of halogens is 1. The molecule has 5 nitrogen and oxygen atoms in total. The Balaban J connectivity index is 1.46. The maximum absolute atomic E-state index is 12.2. The second-order valence-corrected chi connectivity index (χ2v) is 7.72. The Kier molecular flexibility index (Phi) is 6.66. The summed E-state index contributed by atoms with van der Waals surface area (Å²) in [7, 11) is 0. The molecular formula is C19H22ClN3O2S. The Bertz CT molecular complexity index is 751. The van der Waals surface area contributed by atoms with Crippen molar-refractivity contribution in [2.45, 2.75) is 25.3 Å². The molecule has 0 aliphatic carbocycles. The van der Waals surface area contributed by atoms with Gasteiger partial charge in [-0.05, 0) is 48.9 Å². The van der Waals surface area contributed by atoms with E-state index in [9.17, 15) is 9.59 Å². The van der Waals surface area contributed by atoms with Crippen molar-refractivity contribution in [3.63, 3.8) is 0 Å². The van der Waals surface area contributed by atoms with Crippen LogP contribution in [0.5, 0.6) is 0 Å². The quantitative estimate of drug-likeness (QED) is 0.790. The Labute approximate surface area is 162 Å². The second kappa shape index (κ2) is 9.16. The number of likely N-dealkylation sites (tertiary alicyclic amines) is 1. The molecule has 2 aromatic rings. The minimum Gasteiger partial charge on any atom is -0.337 e. The third-order valence-corrected chi connectivity index (χ3v) is 5.74. The number of nitrogens with one attached hydrogen (secondary N) is 2. The van der Waals surface area contributed by atoms with Crippen molar-refractivity contribution >= 4 is 34.9 Å². The van der Waals surface area contributed by atoms with Gasteiger partial charge in [0.15, 0.2) is 0 Å². The van der Waals surface area contributed by atoms with Crippen LogP contribution in [0.3, 0.4) is 0 Å². The van der Waals surface area contributed by atoms with Gasteiger partial charge in [0.05, 0.1) is 6.54 Å². The second-order valence-electron chi connectivity index (χ2n) is 6.28. The summed E-state index contributed by atoms with van der Waals surface area (Å²) in [5.41, 5.74) is 1.04. The molecule has 1 saturated heterocycles. The van der Waals surface area contributed by atoms with Crippen LogP contribution in [0.15, 0.2) is 41.8 Å². The molecule has 26 heavy (non-hydrogen) atoms. The maximum atomic E-state index is 12.2. The Morgan fingerprint density at radius 3 is 2.85 bits per heavy atom. The summed E-state index contributed by atoms with van der Waals surface area (Å²) in [6.07, 6.45) is 2.74. The van der Waals surface area contributed by atoms with E-state index in [0.717, 1.165) is 36.4 Å². The molecule has 1 aliphatic heterocycles. The van der Waals surface area contributed by atoms with Crippen LogP contribution in [-0.2, 0) is 11.2 Å². The molecule has 2 heterocycles. The molecule has 1 aromatic carbocycles. The van der Waals surface area contributed by atoms with Crippen LogP contribution in [0, 0.1) is 0 Å². The van der Waals surface area contributed by atoms with Crippen molar-refractivity contribution in [1.29, 1.82) is 0 Å². The minimum absolute atomic E-state index is 0.122. The number of hydrogen-bond acceptors (Lipinski definition) is 4. The average Bonchev–Trinajstić information content (AvgIpc) is 3.27. The van der Waals surface area contributed by atoms with Crippen molar-refractivity contribution in [3.8, 4) is 0 Å². The van der Waals surface area contributed by atoms with Gasteiger partial charge < -0.3 is 5.32 Å². The van der Waals surface area contributed by atoms with Crippen molar-refractivity contribution in [2.24, 2.45) is 0 Å². The van der Waals surface area contributed by atoms with E-state index in [4.69, 9.17) is 11.6 Å². The fraction of sp³-hybridized carbons (Fsp3) is 0.368.